The van der Waals surface area contributed by atoms with Gasteiger partial charge in [0.25, 0.3) is 0 Å². The van der Waals surface area contributed by atoms with Crippen LogP contribution in [0.5, 0.6) is 0 Å². The lowest BCUT2D eigenvalue weighted by Crippen LogP contribution is -2.25. The van der Waals surface area contributed by atoms with E-state index in [9.17, 15) is 0 Å². The fourth-order valence-electron chi connectivity index (χ4n) is 2.33. The molecule has 0 aliphatic carbocycles. The van der Waals surface area contributed by atoms with Gasteiger partial charge in [-0.1, -0.05) is 23.8 Å². The van der Waals surface area contributed by atoms with Crippen LogP contribution in [0.15, 0.2) is 48.8 Å². The topological polar surface area (TPSA) is 8.81 Å². The first kappa shape index (κ1) is 11.0. The van der Waals surface area contributed by atoms with Crippen LogP contribution in [0, 0.1) is 13.8 Å². The fraction of sp³-hybridized carbons (Fsp3) is 0.188. The molecule has 0 bridgehead atoms. The van der Waals surface area contributed by atoms with Crippen molar-refractivity contribution >= 4 is 11.0 Å². The molecule has 18 heavy (non-hydrogen) atoms. The zero-order valence-electron chi connectivity index (χ0n) is 11.0. The molecule has 0 atom stereocenters. The van der Waals surface area contributed by atoms with E-state index in [4.69, 9.17) is 0 Å². The highest BCUT2D eigenvalue weighted by atomic mass is 15.1. The van der Waals surface area contributed by atoms with E-state index in [1.807, 2.05) is 0 Å². The van der Waals surface area contributed by atoms with Crippen molar-refractivity contribution in [3.8, 4) is 5.69 Å². The average Bonchev–Trinajstić information content (AvgIpc) is 2.67. The van der Waals surface area contributed by atoms with E-state index in [1.54, 1.807) is 0 Å². The van der Waals surface area contributed by atoms with Crippen LogP contribution < -0.4 is 4.57 Å². The Morgan fingerprint density at radius 2 is 1.56 bits per heavy atom. The molecule has 2 aromatic carbocycles. The largest absolute Gasteiger partial charge is 0.249 e. The fourth-order valence-corrected chi connectivity index (χ4v) is 2.33. The van der Waals surface area contributed by atoms with Crippen molar-refractivity contribution in [2.24, 2.45) is 7.05 Å². The molecular formula is C16H17N2+. The highest BCUT2D eigenvalue weighted by Crippen LogP contribution is 2.18. The van der Waals surface area contributed by atoms with Crippen LogP contribution in [-0.2, 0) is 7.05 Å². The number of benzene rings is 2. The third-order valence-corrected chi connectivity index (χ3v) is 3.37. The predicted octanol–water partition coefficient (Wildman–Crippen LogP) is 3.07. The van der Waals surface area contributed by atoms with Crippen LogP contribution in [-0.4, -0.2) is 4.57 Å². The van der Waals surface area contributed by atoms with Crippen LogP contribution in [0.2, 0.25) is 0 Å². The summed E-state index contributed by atoms with van der Waals surface area (Å²) in [5.41, 5.74) is 6.28. The molecule has 0 radical (unpaired) electrons. The summed E-state index contributed by atoms with van der Waals surface area (Å²) in [5, 5.41) is 0. The van der Waals surface area contributed by atoms with Crippen LogP contribution >= 0.6 is 0 Å². The Balaban J connectivity index is 2.28. The lowest BCUT2D eigenvalue weighted by Gasteiger charge is -1.98. The van der Waals surface area contributed by atoms with E-state index < -0.39 is 0 Å². The molecule has 0 spiro atoms. The van der Waals surface area contributed by atoms with Gasteiger partial charge in [-0.3, -0.25) is 0 Å². The lowest BCUT2D eigenvalue weighted by atomic mass is 10.2. The number of hydrogen-bond acceptors (Lipinski definition) is 0. The summed E-state index contributed by atoms with van der Waals surface area (Å²) in [5.74, 6) is 0. The van der Waals surface area contributed by atoms with Gasteiger partial charge < -0.3 is 0 Å². The molecule has 0 fully saturated rings. The molecule has 0 aliphatic heterocycles. The average molecular weight is 237 g/mol. The van der Waals surface area contributed by atoms with Gasteiger partial charge in [-0.25, -0.2) is 4.57 Å². The summed E-state index contributed by atoms with van der Waals surface area (Å²) in [4.78, 5) is 0. The molecule has 2 nitrogen and oxygen atoms in total. The third kappa shape index (κ3) is 1.70. The summed E-state index contributed by atoms with van der Waals surface area (Å²) < 4.78 is 4.40. The number of hydrogen-bond donors (Lipinski definition) is 0. The molecule has 3 aromatic rings. The maximum Gasteiger partial charge on any atom is 0.249 e. The number of nitrogens with zero attached hydrogens (tertiary/aromatic N) is 2. The molecule has 2 heteroatoms. The lowest BCUT2D eigenvalue weighted by molar-refractivity contribution is -0.645. The van der Waals surface area contributed by atoms with Gasteiger partial charge in [-0.15, -0.1) is 0 Å². The smallest absolute Gasteiger partial charge is 0.232 e. The van der Waals surface area contributed by atoms with E-state index in [0.717, 1.165) is 0 Å². The van der Waals surface area contributed by atoms with E-state index in [1.165, 1.54) is 27.8 Å². The standard InChI is InChI=1S/C16H17N2/c1-12-4-7-14(8-5-12)18-11-17(3)15-9-6-13(2)10-16(15)18/h4-11H,1-3H3/q+1. The molecule has 0 aliphatic rings. The number of fused-ring (bicyclic) bond motifs is 1. The van der Waals surface area contributed by atoms with Crippen LogP contribution in [0.1, 0.15) is 11.1 Å². The number of aryl methyl sites for hydroxylation is 3. The summed E-state index contributed by atoms with van der Waals surface area (Å²) in [7, 11) is 2.09. The summed E-state index contributed by atoms with van der Waals surface area (Å²) in [6.07, 6.45) is 2.13. The second kappa shape index (κ2) is 3.98. The maximum absolute atomic E-state index is 2.24. The Bertz CT molecular complexity index is 706. The first-order valence-electron chi connectivity index (χ1n) is 6.19. The zero-order valence-corrected chi connectivity index (χ0v) is 11.0. The monoisotopic (exact) mass is 237 g/mol. The highest BCUT2D eigenvalue weighted by Gasteiger charge is 2.14. The minimum atomic E-state index is 1.21. The van der Waals surface area contributed by atoms with Gasteiger partial charge in [0, 0.05) is 0 Å². The molecular weight excluding hydrogens is 220 g/mol. The van der Waals surface area contributed by atoms with Crippen LogP contribution in [0.3, 0.4) is 0 Å². The number of aromatic nitrogens is 2. The molecule has 0 saturated carbocycles. The van der Waals surface area contributed by atoms with Crippen molar-refractivity contribution < 1.29 is 4.57 Å². The molecule has 0 saturated heterocycles. The zero-order chi connectivity index (χ0) is 12.7. The molecule has 90 valence electrons. The van der Waals surface area contributed by atoms with E-state index in [0.29, 0.717) is 0 Å². The first-order chi connectivity index (χ1) is 8.65. The quantitative estimate of drug-likeness (QED) is 0.575. The SMILES string of the molecule is Cc1ccc(-n2c[n+](C)c3ccc(C)cc32)cc1. The van der Waals surface area contributed by atoms with Gasteiger partial charge in [0.2, 0.25) is 6.33 Å². The van der Waals surface area contributed by atoms with Crippen molar-refractivity contribution in [2.75, 3.05) is 0 Å². The van der Waals surface area contributed by atoms with Gasteiger partial charge in [-0.05, 0) is 43.7 Å². The van der Waals surface area contributed by atoms with E-state index in [2.05, 4.69) is 78.8 Å². The van der Waals surface area contributed by atoms with Crippen molar-refractivity contribution in [1.29, 1.82) is 0 Å². The number of rotatable bonds is 1. The highest BCUT2D eigenvalue weighted by molar-refractivity contribution is 5.75. The Labute approximate surface area is 107 Å². The number of imidazole rings is 1. The van der Waals surface area contributed by atoms with Gasteiger partial charge in [0.05, 0.1) is 7.05 Å². The molecule has 0 amide bonds. The summed E-state index contributed by atoms with van der Waals surface area (Å²) >= 11 is 0. The summed E-state index contributed by atoms with van der Waals surface area (Å²) in [6.45, 7) is 4.24. The molecule has 1 aromatic heterocycles. The van der Waals surface area contributed by atoms with Crippen molar-refractivity contribution in [2.45, 2.75) is 13.8 Å². The predicted molar refractivity (Wildman–Crippen MR) is 73.9 cm³/mol. The summed E-state index contributed by atoms with van der Waals surface area (Å²) in [6, 6.07) is 15.2. The van der Waals surface area contributed by atoms with Crippen molar-refractivity contribution in [3.05, 3.63) is 59.9 Å². The van der Waals surface area contributed by atoms with Gasteiger partial charge in [-0.2, -0.15) is 4.57 Å². The van der Waals surface area contributed by atoms with Gasteiger partial charge in [0.1, 0.15) is 5.69 Å². The Kier molecular flexibility index (Phi) is 2.44. The molecule has 3 rings (SSSR count). The minimum Gasteiger partial charge on any atom is -0.232 e. The van der Waals surface area contributed by atoms with Gasteiger partial charge in [0.15, 0.2) is 11.0 Å². The van der Waals surface area contributed by atoms with E-state index in [-0.39, 0.29) is 0 Å². The third-order valence-electron chi connectivity index (χ3n) is 3.37. The molecule has 0 N–H and O–H groups in total. The van der Waals surface area contributed by atoms with Crippen LogP contribution in [0.4, 0.5) is 0 Å². The van der Waals surface area contributed by atoms with Crippen molar-refractivity contribution in [3.63, 3.8) is 0 Å². The molecule has 0 unspecified atom stereocenters. The Hall–Kier alpha value is -2.09. The minimum absolute atomic E-state index is 1.21. The maximum atomic E-state index is 2.24. The first-order valence-corrected chi connectivity index (χ1v) is 6.19. The molecule has 1 heterocycles. The second-order valence-corrected chi connectivity index (χ2v) is 4.92. The van der Waals surface area contributed by atoms with Crippen LogP contribution in [0.25, 0.3) is 16.7 Å². The van der Waals surface area contributed by atoms with Crippen molar-refractivity contribution in [1.82, 2.24) is 4.57 Å². The normalized spacial score (nSPS) is 11.1. The van der Waals surface area contributed by atoms with E-state index >= 15 is 0 Å². The second-order valence-electron chi connectivity index (χ2n) is 4.92. The Morgan fingerprint density at radius 3 is 2.28 bits per heavy atom. The van der Waals surface area contributed by atoms with Gasteiger partial charge >= 0.3 is 0 Å². The Morgan fingerprint density at radius 1 is 0.889 bits per heavy atom.